The van der Waals surface area contributed by atoms with Crippen molar-refractivity contribution in [3.05, 3.63) is 89.7 Å². The molecule has 4 heteroatoms. The molecule has 1 aliphatic rings. The number of ketones is 1. The SMILES string of the molecule is N#CCOc1ccc2c(c1)OC(=Cc1ccc(-c3ccccc3)cc1)C2=O. The quantitative estimate of drug-likeness (QED) is 0.628. The number of benzene rings is 3. The van der Waals surface area contributed by atoms with Crippen LogP contribution in [-0.4, -0.2) is 12.4 Å². The zero-order valence-corrected chi connectivity index (χ0v) is 14.4. The van der Waals surface area contributed by atoms with Gasteiger partial charge in [-0.15, -0.1) is 0 Å². The summed E-state index contributed by atoms with van der Waals surface area (Å²) in [5.41, 5.74) is 3.62. The smallest absolute Gasteiger partial charge is 0.231 e. The normalized spacial score (nSPS) is 13.7. The third kappa shape index (κ3) is 3.44. The molecule has 1 heterocycles. The number of rotatable bonds is 4. The minimum Gasteiger partial charge on any atom is -0.479 e. The van der Waals surface area contributed by atoms with Gasteiger partial charge in [0.25, 0.3) is 0 Å². The lowest BCUT2D eigenvalue weighted by molar-refractivity contribution is 0.101. The zero-order valence-electron chi connectivity index (χ0n) is 14.4. The first-order chi connectivity index (χ1) is 13.2. The maximum absolute atomic E-state index is 12.5. The molecule has 27 heavy (non-hydrogen) atoms. The van der Waals surface area contributed by atoms with Gasteiger partial charge in [0.15, 0.2) is 12.4 Å². The lowest BCUT2D eigenvalue weighted by Gasteiger charge is -2.03. The number of allylic oxidation sites excluding steroid dienone is 1. The summed E-state index contributed by atoms with van der Waals surface area (Å²) in [7, 11) is 0. The minimum atomic E-state index is -0.163. The molecule has 0 fully saturated rings. The van der Waals surface area contributed by atoms with E-state index in [1.807, 2.05) is 48.5 Å². The van der Waals surface area contributed by atoms with E-state index in [9.17, 15) is 4.79 Å². The number of hydrogen-bond acceptors (Lipinski definition) is 4. The van der Waals surface area contributed by atoms with Crippen LogP contribution in [-0.2, 0) is 0 Å². The Bertz CT molecular complexity index is 1060. The molecule has 0 saturated carbocycles. The van der Waals surface area contributed by atoms with Gasteiger partial charge in [0.2, 0.25) is 5.78 Å². The van der Waals surface area contributed by atoms with Crippen molar-refractivity contribution < 1.29 is 14.3 Å². The van der Waals surface area contributed by atoms with Crippen molar-refractivity contribution in [3.8, 4) is 28.7 Å². The van der Waals surface area contributed by atoms with E-state index in [-0.39, 0.29) is 18.1 Å². The van der Waals surface area contributed by atoms with Crippen LogP contribution in [0.5, 0.6) is 11.5 Å². The zero-order chi connectivity index (χ0) is 18.6. The molecule has 0 saturated heterocycles. The number of carbonyl (C=O) groups is 1. The highest BCUT2D eigenvalue weighted by atomic mass is 16.5. The largest absolute Gasteiger partial charge is 0.479 e. The predicted molar refractivity (Wildman–Crippen MR) is 102 cm³/mol. The van der Waals surface area contributed by atoms with Crippen LogP contribution in [0.3, 0.4) is 0 Å². The van der Waals surface area contributed by atoms with Crippen LogP contribution >= 0.6 is 0 Å². The molecule has 0 spiro atoms. The highest BCUT2D eigenvalue weighted by molar-refractivity contribution is 6.14. The molecule has 0 atom stereocenters. The predicted octanol–water partition coefficient (Wildman–Crippen LogP) is 4.87. The fourth-order valence-corrected chi connectivity index (χ4v) is 2.93. The summed E-state index contributed by atoms with van der Waals surface area (Å²) in [6.45, 7) is -0.0524. The lowest BCUT2D eigenvalue weighted by atomic mass is 10.0. The fourth-order valence-electron chi connectivity index (χ4n) is 2.93. The maximum atomic E-state index is 12.5. The topological polar surface area (TPSA) is 59.3 Å². The van der Waals surface area contributed by atoms with E-state index in [1.54, 1.807) is 24.3 Å². The number of carbonyl (C=O) groups excluding carboxylic acids is 1. The van der Waals surface area contributed by atoms with E-state index in [1.165, 1.54) is 0 Å². The summed E-state index contributed by atoms with van der Waals surface area (Å²) in [5, 5.41) is 8.59. The van der Waals surface area contributed by atoms with Crippen LogP contribution in [0.25, 0.3) is 17.2 Å². The number of nitrogens with zero attached hydrogens (tertiary/aromatic N) is 1. The molecule has 4 rings (SSSR count). The fraction of sp³-hybridized carbons (Fsp3) is 0.0435. The van der Waals surface area contributed by atoms with Crippen molar-refractivity contribution in [1.29, 1.82) is 5.26 Å². The molecule has 0 bridgehead atoms. The highest BCUT2D eigenvalue weighted by Gasteiger charge is 2.27. The van der Waals surface area contributed by atoms with E-state index in [2.05, 4.69) is 12.1 Å². The monoisotopic (exact) mass is 353 g/mol. The first kappa shape index (κ1) is 16.6. The second-order valence-electron chi connectivity index (χ2n) is 6.03. The Morgan fingerprint density at radius 3 is 2.44 bits per heavy atom. The highest BCUT2D eigenvalue weighted by Crippen LogP contribution is 2.35. The minimum absolute atomic E-state index is 0.0524. The average molecular weight is 353 g/mol. The van der Waals surface area contributed by atoms with Crippen LogP contribution in [0.1, 0.15) is 15.9 Å². The Morgan fingerprint density at radius 1 is 0.963 bits per heavy atom. The Hall–Kier alpha value is -3.84. The molecule has 0 N–H and O–H groups in total. The second kappa shape index (κ2) is 7.19. The van der Waals surface area contributed by atoms with Crippen molar-refractivity contribution in [3.63, 3.8) is 0 Å². The number of fused-ring (bicyclic) bond motifs is 1. The summed E-state index contributed by atoms with van der Waals surface area (Å²) in [5.74, 6) is 1.05. The molecule has 0 radical (unpaired) electrons. The number of hydrogen-bond donors (Lipinski definition) is 0. The van der Waals surface area contributed by atoms with Crippen molar-refractivity contribution in [1.82, 2.24) is 0 Å². The first-order valence-corrected chi connectivity index (χ1v) is 8.48. The number of nitriles is 1. The Balaban J connectivity index is 1.56. The summed E-state index contributed by atoms with van der Waals surface area (Å²) in [6, 6.07) is 24.9. The summed E-state index contributed by atoms with van der Waals surface area (Å²) < 4.78 is 11.0. The van der Waals surface area contributed by atoms with Crippen molar-refractivity contribution in [2.24, 2.45) is 0 Å². The van der Waals surface area contributed by atoms with Gasteiger partial charge in [0.1, 0.15) is 17.6 Å². The van der Waals surface area contributed by atoms with Gasteiger partial charge in [-0.25, -0.2) is 0 Å². The second-order valence-corrected chi connectivity index (χ2v) is 6.03. The van der Waals surface area contributed by atoms with E-state index in [0.29, 0.717) is 17.1 Å². The van der Waals surface area contributed by atoms with Crippen LogP contribution < -0.4 is 9.47 Å². The molecule has 130 valence electrons. The molecule has 1 aliphatic heterocycles. The molecule has 0 unspecified atom stereocenters. The molecule has 0 aliphatic carbocycles. The van der Waals surface area contributed by atoms with E-state index >= 15 is 0 Å². The Morgan fingerprint density at radius 2 is 1.70 bits per heavy atom. The third-order valence-electron chi connectivity index (χ3n) is 4.26. The van der Waals surface area contributed by atoms with E-state index < -0.39 is 0 Å². The van der Waals surface area contributed by atoms with Gasteiger partial charge >= 0.3 is 0 Å². The molecule has 3 aromatic carbocycles. The summed E-state index contributed by atoms with van der Waals surface area (Å²) in [4.78, 5) is 12.5. The van der Waals surface area contributed by atoms with Gasteiger partial charge in [-0.2, -0.15) is 5.26 Å². The maximum Gasteiger partial charge on any atom is 0.231 e. The number of Topliss-reactive ketones (excluding diaryl/α,β-unsaturated/α-hetero) is 1. The van der Waals surface area contributed by atoms with Crippen LogP contribution in [0.15, 0.2) is 78.6 Å². The van der Waals surface area contributed by atoms with E-state index in [4.69, 9.17) is 14.7 Å². The van der Waals surface area contributed by atoms with Crippen molar-refractivity contribution in [2.75, 3.05) is 6.61 Å². The molecule has 4 nitrogen and oxygen atoms in total. The van der Waals surface area contributed by atoms with E-state index in [0.717, 1.165) is 16.7 Å². The molecular formula is C23H15NO3. The van der Waals surface area contributed by atoms with Crippen molar-refractivity contribution >= 4 is 11.9 Å². The molecule has 0 aromatic heterocycles. The third-order valence-corrected chi connectivity index (χ3v) is 4.26. The van der Waals surface area contributed by atoms with Gasteiger partial charge < -0.3 is 9.47 Å². The first-order valence-electron chi connectivity index (χ1n) is 8.48. The van der Waals surface area contributed by atoms with Crippen LogP contribution in [0.2, 0.25) is 0 Å². The Labute approximate surface area is 156 Å². The van der Waals surface area contributed by atoms with Gasteiger partial charge in [-0.05, 0) is 34.9 Å². The average Bonchev–Trinajstić information content (AvgIpc) is 3.02. The molecule has 3 aromatic rings. The number of ether oxygens (including phenoxy) is 2. The standard InChI is InChI=1S/C23H15NO3/c24-12-13-26-19-10-11-20-21(15-19)27-22(23(20)25)14-16-6-8-18(9-7-16)17-4-2-1-3-5-17/h1-11,14-15H,13H2. The van der Waals surface area contributed by atoms with Crippen LogP contribution in [0.4, 0.5) is 0 Å². The summed E-state index contributed by atoms with van der Waals surface area (Å²) >= 11 is 0. The Kier molecular flexibility index (Phi) is 4.42. The molecule has 0 amide bonds. The molecular weight excluding hydrogens is 338 g/mol. The van der Waals surface area contributed by atoms with Gasteiger partial charge in [0.05, 0.1) is 5.56 Å². The summed E-state index contributed by atoms with van der Waals surface area (Å²) in [6.07, 6.45) is 1.73. The van der Waals surface area contributed by atoms with Gasteiger partial charge in [-0.3, -0.25) is 4.79 Å². The van der Waals surface area contributed by atoms with Gasteiger partial charge in [0, 0.05) is 6.07 Å². The van der Waals surface area contributed by atoms with Gasteiger partial charge in [-0.1, -0.05) is 54.6 Å². The lowest BCUT2D eigenvalue weighted by Crippen LogP contribution is -1.98. The van der Waals surface area contributed by atoms with Crippen LogP contribution in [0, 0.1) is 11.3 Å². The van der Waals surface area contributed by atoms with Crippen molar-refractivity contribution in [2.45, 2.75) is 0 Å².